The van der Waals surface area contributed by atoms with Gasteiger partial charge in [0.25, 0.3) is 0 Å². The van der Waals surface area contributed by atoms with E-state index in [9.17, 15) is 18.0 Å². The van der Waals surface area contributed by atoms with Gasteiger partial charge in [0.05, 0.1) is 36.9 Å². The summed E-state index contributed by atoms with van der Waals surface area (Å²) in [7, 11) is 3.13. The number of halogens is 4. The molecule has 4 rings (SSSR count). The van der Waals surface area contributed by atoms with Crippen LogP contribution in [0.1, 0.15) is 11.1 Å². The SMILES string of the molecule is COCCNC(=O)C1Cc2cc(C(F)(F)F)ccc2N2CCN(c3cc(Cl)ccc3OC)CC12. The highest BCUT2D eigenvalue weighted by molar-refractivity contribution is 6.31. The lowest BCUT2D eigenvalue weighted by molar-refractivity contribution is -0.137. The lowest BCUT2D eigenvalue weighted by Gasteiger charge is -2.50. The Morgan fingerprint density at radius 3 is 2.65 bits per heavy atom. The molecule has 1 saturated heterocycles. The monoisotopic (exact) mass is 497 g/mol. The van der Waals surface area contributed by atoms with Gasteiger partial charge in [0.2, 0.25) is 5.91 Å². The first-order valence-corrected chi connectivity index (χ1v) is 11.4. The van der Waals surface area contributed by atoms with Gasteiger partial charge in [-0.1, -0.05) is 11.6 Å². The topological polar surface area (TPSA) is 54.0 Å². The zero-order valence-corrected chi connectivity index (χ0v) is 19.7. The predicted molar refractivity (Wildman–Crippen MR) is 125 cm³/mol. The van der Waals surface area contributed by atoms with Crippen molar-refractivity contribution in [2.75, 3.05) is 56.8 Å². The maximum absolute atomic E-state index is 13.4. The van der Waals surface area contributed by atoms with Gasteiger partial charge in [0.1, 0.15) is 5.75 Å². The molecule has 2 atom stereocenters. The fourth-order valence-corrected chi connectivity index (χ4v) is 5.00. The minimum absolute atomic E-state index is 0.199. The summed E-state index contributed by atoms with van der Waals surface area (Å²) in [6.07, 6.45) is -4.22. The van der Waals surface area contributed by atoms with Crippen molar-refractivity contribution >= 4 is 28.9 Å². The number of nitrogens with one attached hydrogen (secondary N) is 1. The molecular formula is C24H27ClF3N3O3. The van der Waals surface area contributed by atoms with Crippen LogP contribution in [0.3, 0.4) is 0 Å². The molecule has 2 aromatic rings. The van der Waals surface area contributed by atoms with Gasteiger partial charge in [-0.15, -0.1) is 0 Å². The molecule has 0 spiro atoms. The average Bonchev–Trinajstić information content (AvgIpc) is 2.82. The summed E-state index contributed by atoms with van der Waals surface area (Å²) in [6.45, 7) is 2.33. The van der Waals surface area contributed by atoms with E-state index in [1.54, 1.807) is 26.4 Å². The molecule has 1 amide bonds. The maximum Gasteiger partial charge on any atom is 0.416 e. The first-order valence-electron chi connectivity index (χ1n) is 11.0. The van der Waals surface area contributed by atoms with Crippen molar-refractivity contribution in [1.82, 2.24) is 5.32 Å². The Hall–Kier alpha value is -2.65. The first kappa shape index (κ1) is 24.5. The summed E-state index contributed by atoms with van der Waals surface area (Å²) in [5.74, 6) is -0.0548. The van der Waals surface area contributed by atoms with Gasteiger partial charge in [0.15, 0.2) is 0 Å². The van der Waals surface area contributed by atoms with E-state index in [1.807, 2.05) is 6.07 Å². The zero-order chi connectivity index (χ0) is 24.5. The highest BCUT2D eigenvalue weighted by atomic mass is 35.5. The maximum atomic E-state index is 13.4. The third-order valence-corrected chi connectivity index (χ3v) is 6.70. The molecule has 2 aliphatic rings. The van der Waals surface area contributed by atoms with Crippen molar-refractivity contribution in [2.45, 2.75) is 18.6 Å². The molecule has 2 unspecified atom stereocenters. The van der Waals surface area contributed by atoms with E-state index >= 15 is 0 Å². The summed E-state index contributed by atoms with van der Waals surface area (Å²) in [6, 6.07) is 8.96. The third-order valence-electron chi connectivity index (χ3n) is 6.46. The Bertz CT molecular complexity index is 1050. The molecule has 1 N–H and O–H groups in total. The predicted octanol–water partition coefficient (Wildman–Crippen LogP) is 4.00. The van der Waals surface area contributed by atoms with Crippen LogP contribution in [-0.4, -0.2) is 59.0 Å². The van der Waals surface area contributed by atoms with Gasteiger partial charge in [-0.05, 0) is 48.4 Å². The molecule has 0 bridgehead atoms. The van der Waals surface area contributed by atoms with E-state index in [0.717, 1.165) is 17.4 Å². The molecule has 0 saturated carbocycles. The second kappa shape index (κ2) is 9.92. The van der Waals surface area contributed by atoms with Crippen LogP contribution in [0.4, 0.5) is 24.5 Å². The van der Waals surface area contributed by atoms with E-state index < -0.39 is 17.7 Å². The van der Waals surface area contributed by atoms with Gasteiger partial charge in [-0.25, -0.2) is 0 Å². The number of methoxy groups -OCH3 is 2. The van der Waals surface area contributed by atoms with Gasteiger partial charge in [-0.3, -0.25) is 4.79 Å². The van der Waals surface area contributed by atoms with Gasteiger partial charge < -0.3 is 24.6 Å². The number of piperazine rings is 1. The number of benzene rings is 2. The first-order chi connectivity index (χ1) is 16.2. The number of carbonyl (C=O) groups excluding carboxylic acids is 1. The molecule has 34 heavy (non-hydrogen) atoms. The molecule has 0 aromatic heterocycles. The Balaban J connectivity index is 1.68. The fraction of sp³-hybridized carbons (Fsp3) is 0.458. The molecule has 6 nitrogen and oxygen atoms in total. The number of fused-ring (bicyclic) bond motifs is 3. The number of nitrogens with zero attached hydrogens (tertiary/aromatic N) is 2. The summed E-state index contributed by atoms with van der Waals surface area (Å²) in [5, 5.41) is 3.44. The number of hydrogen-bond donors (Lipinski definition) is 1. The van der Waals surface area contributed by atoms with Crippen LogP contribution in [0.2, 0.25) is 5.02 Å². The number of ether oxygens (including phenoxy) is 2. The highest BCUT2D eigenvalue weighted by Gasteiger charge is 2.43. The summed E-state index contributed by atoms with van der Waals surface area (Å²) >= 11 is 6.24. The molecule has 10 heteroatoms. The van der Waals surface area contributed by atoms with Crippen LogP contribution in [0.25, 0.3) is 0 Å². The van der Waals surface area contributed by atoms with Crippen molar-refractivity contribution < 1.29 is 27.4 Å². The van der Waals surface area contributed by atoms with E-state index in [1.165, 1.54) is 12.1 Å². The zero-order valence-electron chi connectivity index (χ0n) is 19.0. The molecule has 2 aliphatic heterocycles. The van der Waals surface area contributed by atoms with Crippen molar-refractivity contribution in [3.05, 3.63) is 52.5 Å². The molecule has 2 aromatic carbocycles. The summed E-state index contributed by atoms with van der Waals surface area (Å²) < 4.78 is 50.6. The van der Waals surface area contributed by atoms with Crippen LogP contribution < -0.4 is 19.9 Å². The minimum atomic E-state index is -4.44. The highest BCUT2D eigenvalue weighted by Crippen LogP contribution is 2.41. The summed E-state index contributed by atoms with van der Waals surface area (Å²) in [5.41, 5.74) is 1.40. The van der Waals surface area contributed by atoms with E-state index in [2.05, 4.69) is 15.1 Å². The van der Waals surface area contributed by atoms with E-state index in [0.29, 0.717) is 49.1 Å². The molecule has 184 valence electrons. The van der Waals surface area contributed by atoms with Crippen molar-refractivity contribution in [3.63, 3.8) is 0 Å². The Kier molecular flexibility index (Phi) is 7.14. The van der Waals surface area contributed by atoms with Crippen molar-refractivity contribution in [1.29, 1.82) is 0 Å². The number of carbonyl (C=O) groups is 1. The van der Waals surface area contributed by atoms with Gasteiger partial charge >= 0.3 is 6.18 Å². The van der Waals surface area contributed by atoms with Crippen LogP contribution in [0, 0.1) is 5.92 Å². The molecule has 0 aliphatic carbocycles. The van der Waals surface area contributed by atoms with Crippen LogP contribution in [0.5, 0.6) is 5.75 Å². The van der Waals surface area contributed by atoms with Crippen LogP contribution >= 0.6 is 11.6 Å². The fourth-order valence-electron chi connectivity index (χ4n) is 4.84. The average molecular weight is 498 g/mol. The number of rotatable bonds is 6. The Labute approximate surface area is 201 Å². The molecule has 1 fully saturated rings. The van der Waals surface area contributed by atoms with E-state index in [-0.39, 0.29) is 18.4 Å². The Morgan fingerprint density at radius 2 is 1.94 bits per heavy atom. The largest absolute Gasteiger partial charge is 0.495 e. The number of alkyl halides is 3. The smallest absolute Gasteiger partial charge is 0.416 e. The quantitative estimate of drug-likeness (QED) is 0.611. The van der Waals surface area contributed by atoms with Crippen LogP contribution in [-0.2, 0) is 22.1 Å². The normalized spacial score (nSPS) is 19.9. The summed E-state index contributed by atoms with van der Waals surface area (Å²) in [4.78, 5) is 17.3. The number of amides is 1. The second-order valence-corrected chi connectivity index (χ2v) is 8.90. The molecular weight excluding hydrogens is 471 g/mol. The van der Waals surface area contributed by atoms with Crippen molar-refractivity contribution in [2.24, 2.45) is 5.92 Å². The lowest BCUT2D eigenvalue weighted by Crippen LogP contribution is -2.61. The van der Waals surface area contributed by atoms with E-state index in [4.69, 9.17) is 21.1 Å². The molecule has 0 radical (unpaired) electrons. The lowest BCUT2D eigenvalue weighted by atomic mass is 9.82. The minimum Gasteiger partial charge on any atom is -0.495 e. The van der Waals surface area contributed by atoms with Crippen LogP contribution in [0.15, 0.2) is 36.4 Å². The molecule has 2 heterocycles. The van der Waals surface area contributed by atoms with Gasteiger partial charge in [0, 0.05) is 44.0 Å². The van der Waals surface area contributed by atoms with Crippen molar-refractivity contribution in [3.8, 4) is 5.75 Å². The number of hydrogen-bond acceptors (Lipinski definition) is 5. The standard InChI is InChI=1S/C24H27ClF3N3O3/c1-33-10-7-29-23(32)18-12-15-11-16(24(26,27)28)3-5-19(15)31-9-8-30(14-21(18)31)20-13-17(25)4-6-22(20)34-2/h3-6,11,13,18,21H,7-10,12,14H2,1-2H3,(H,29,32). The second-order valence-electron chi connectivity index (χ2n) is 8.46. The third kappa shape index (κ3) is 4.90. The van der Waals surface area contributed by atoms with Gasteiger partial charge in [-0.2, -0.15) is 13.2 Å². The number of anilines is 2. The Morgan fingerprint density at radius 1 is 1.15 bits per heavy atom.